The summed E-state index contributed by atoms with van der Waals surface area (Å²) in [5.74, 6) is 3.60. The summed E-state index contributed by atoms with van der Waals surface area (Å²) in [6.45, 7) is 21.5. The molecule has 1 heterocycles. The Kier molecular flexibility index (Phi) is 5.70. The number of hydrogen-bond donors (Lipinski definition) is 0. The Morgan fingerprint density at radius 1 is 0.974 bits per heavy atom. The van der Waals surface area contributed by atoms with Gasteiger partial charge < -0.3 is 4.74 Å². The van der Waals surface area contributed by atoms with E-state index in [9.17, 15) is 4.79 Å². The second kappa shape index (κ2) is 8.16. The van der Waals surface area contributed by atoms with Gasteiger partial charge in [-0.3, -0.25) is 4.79 Å². The van der Waals surface area contributed by atoms with Crippen molar-refractivity contribution in [3.05, 3.63) is 35.4 Å². The van der Waals surface area contributed by atoms with Crippen LogP contribution in [-0.4, -0.2) is 23.0 Å². The van der Waals surface area contributed by atoms with E-state index in [0.717, 1.165) is 37.9 Å². The first-order chi connectivity index (χ1) is 17.8. The van der Waals surface area contributed by atoms with Crippen LogP contribution in [0.5, 0.6) is 0 Å². The number of methoxy groups -OCH3 is 1. The third kappa shape index (κ3) is 3.07. The predicted octanol–water partition coefficient (Wildman–Crippen LogP) is 7.63. The molecule has 0 aliphatic heterocycles. The smallest absolute Gasteiger partial charge is 0.312 e. The highest BCUT2D eigenvalue weighted by Crippen LogP contribution is 2.77. The van der Waals surface area contributed by atoms with Crippen molar-refractivity contribution in [2.75, 3.05) is 7.11 Å². The average Bonchev–Trinajstić information content (AvgIpc) is 3.25. The summed E-state index contributed by atoms with van der Waals surface area (Å²) >= 11 is 0. The van der Waals surface area contributed by atoms with Crippen molar-refractivity contribution < 1.29 is 9.53 Å². The quantitative estimate of drug-likeness (QED) is 0.298. The van der Waals surface area contributed by atoms with Crippen molar-refractivity contribution >= 4 is 5.97 Å². The van der Waals surface area contributed by atoms with Crippen molar-refractivity contribution in [2.45, 2.75) is 112 Å². The highest BCUT2D eigenvalue weighted by molar-refractivity contribution is 5.78. The molecule has 0 spiro atoms. The first-order valence-electron chi connectivity index (χ1n) is 15.3. The van der Waals surface area contributed by atoms with Gasteiger partial charge in [0.25, 0.3) is 0 Å². The van der Waals surface area contributed by atoms with Crippen molar-refractivity contribution in [3.8, 4) is 0 Å². The molecule has 0 unspecified atom stereocenters. The number of allylic oxidation sites excluding steroid dienone is 1. The average molecular weight is 519 g/mol. The van der Waals surface area contributed by atoms with E-state index in [4.69, 9.17) is 9.72 Å². The van der Waals surface area contributed by atoms with Crippen molar-refractivity contribution in [2.24, 2.45) is 51.2 Å². The van der Waals surface area contributed by atoms with Gasteiger partial charge in [-0.2, -0.15) is 0 Å². The second-order valence-corrected chi connectivity index (χ2v) is 15.5. The summed E-state index contributed by atoms with van der Waals surface area (Å²) in [6, 6.07) is 0. The molecule has 1 aromatic heterocycles. The molecule has 9 atom stereocenters. The molecule has 5 aliphatic carbocycles. The summed E-state index contributed by atoms with van der Waals surface area (Å²) in [6.07, 6.45) is 12.4. The van der Waals surface area contributed by atoms with Gasteiger partial charge in [0, 0.05) is 11.6 Å². The molecule has 4 saturated carbocycles. The Morgan fingerprint density at radius 2 is 1.71 bits per heavy atom. The lowest BCUT2D eigenvalue weighted by Gasteiger charge is -2.72. The fourth-order valence-corrected chi connectivity index (χ4v) is 12.3. The maximum absolute atomic E-state index is 13.5. The third-order valence-electron chi connectivity index (χ3n) is 14.0. The lowest BCUT2D eigenvalue weighted by atomic mass is 9.32. The minimum atomic E-state index is -0.312. The number of nitrogens with zero attached hydrogens (tertiary/aromatic N) is 2. The van der Waals surface area contributed by atoms with Crippen molar-refractivity contribution in [1.29, 1.82) is 0 Å². The van der Waals surface area contributed by atoms with Crippen LogP contribution in [0.3, 0.4) is 0 Å². The van der Waals surface area contributed by atoms with Gasteiger partial charge in [-0.25, -0.2) is 9.97 Å². The number of carbonyl (C=O) groups is 1. The molecular formula is C34H50N2O2. The highest BCUT2D eigenvalue weighted by atomic mass is 16.5. The largest absolute Gasteiger partial charge is 0.469 e. The van der Waals surface area contributed by atoms with E-state index in [0.29, 0.717) is 29.6 Å². The third-order valence-corrected chi connectivity index (χ3v) is 14.0. The Labute approximate surface area is 230 Å². The van der Waals surface area contributed by atoms with E-state index in [1.165, 1.54) is 42.5 Å². The van der Waals surface area contributed by atoms with Crippen molar-refractivity contribution in [1.82, 2.24) is 9.97 Å². The summed E-state index contributed by atoms with van der Waals surface area (Å²) < 4.78 is 5.54. The topological polar surface area (TPSA) is 52.1 Å². The highest BCUT2D eigenvalue weighted by Gasteiger charge is 2.72. The number of aryl methyl sites for hydroxylation is 1. The number of fused-ring (bicyclic) bond motifs is 8. The molecule has 208 valence electrons. The predicted molar refractivity (Wildman–Crippen MR) is 151 cm³/mol. The molecule has 4 nitrogen and oxygen atoms in total. The Morgan fingerprint density at radius 3 is 2.39 bits per heavy atom. The summed E-state index contributed by atoms with van der Waals surface area (Å²) in [4.78, 5) is 23.1. The molecule has 5 aliphatic rings. The summed E-state index contributed by atoms with van der Waals surface area (Å²) in [5.41, 5.74) is 4.40. The number of aromatic nitrogens is 2. The molecule has 6 rings (SSSR count). The SMILES string of the molecule is C=C(C)[C@@H]1CC[C@]2(C(=O)OC)CC[C@]3(C)[C@H](CC[C@@H]4[C@@]5(C)Cc6cnc(C)nc6C(C)(C)[C@@H]5CC[C@]43C)[C@@H]12. The van der Waals surface area contributed by atoms with E-state index in [-0.39, 0.29) is 33.0 Å². The number of carbonyl (C=O) groups excluding carboxylic acids is 1. The van der Waals surface area contributed by atoms with E-state index < -0.39 is 0 Å². The van der Waals surface area contributed by atoms with Crippen LogP contribution in [0, 0.1) is 58.2 Å². The molecule has 38 heavy (non-hydrogen) atoms. The standard InChI is InChI=1S/C34H50N2O2/c1-20(2)23-12-15-34(29(37)38-9)17-16-32(7)24(27(23)34)10-11-26-31(6)18-22-19-35-21(3)36-28(22)30(4,5)25(31)13-14-33(26,32)8/h19,23-27H,1,10-18H2,2-9H3/t23-,24+,25-,26+,27+,31-,32+,33+,34-/m0/s1. The molecule has 0 radical (unpaired) electrons. The van der Waals surface area contributed by atoms with E-state index >= 15 is 0 Å². The fourth-order valence-electron chi connectivity index (χ4n) is 12.3. The van der Waals surface area contributed by atoms with E-state index in [1.54, 1.807) is 7.11 Å². The molecular weight excluding hydrogens is 468 g/mol. The van der Waals surface area contributed by atoms with Gasteiger partial charge in [-0.05, 0) is 123 Å². The van der Waals surface area contributed by atoms with Crippen LogP contribution in [0.1, 0.15) is 110 Å². The lowest BCUT2D eigenvalue weighted by molar-refractivity contribution is -0.228. The molecule has 0 amide bonds. The molecule has 0 saturated heterocycles. The summed E-state index contributed by atoms with van der Waals surface area (Å²) in [7, 11) is 1.60. The van der Waals surface area contributed by atoms with E-state index in [2.05, 4.69) is 59.3 Å². The van der Waals surface area contributed by atoms with Crippen LogP contribution >= 0.6 is 0 Å². The van der Waals surface area contributed by atoms with Gasteiger partial charge in [0.15, 0.2) is 0 Å². The maximum Gasteiger partial charge on any atom is 0.312 e. The van der Waals surface area contributed by atoms with Crippen LogP contribution in [-0.2, 0) is 21.4 Å². The number of hydrogen-bond acceptors (Lipinski definition) is 4. The zero-order valence-corrected chi connectivity index (χ0v) is 25.2. The van der Waals surface area contributed by atoms with Gasteiger partial charge in [-0.15, -0.1) is 0 Å². The van der Waals surface area contributed by atoms with Crippen LogP contribution < -0.4 is 0 Å². The molecule has 0 aromatic carbocycles. The minimum Gasteiger partial charge on any atom is -0.469 e. The van der Waals surface area contributed by atoms with Crippen LogP contribution in [0.25, 0.3) is 0 Å². The second-order valence-electron chi connectivity index (χ2n) is 15.5. The molecule has 4 fully saturated rings. The monoisotopic (exact) mass is 518 g/mol. The van der Waals surface area contributed by atoms with Gasteiger partial charge in [0.1, 0.15) is 5.82 Å². The van der Waals surface area contributed by atoms with Gasteiger partial charge in [0.2, 0.25) is 0 Å². The Balaban J connectivity index is 1.43. The van der Waals surface area contributed by atoms with Gasteiger partial charge >= 0.3 is 5.97 Å². The first-order valence-corrected chi connectivity index (χ1v) is 15.3. The number of esters is 1. The Bertz CT molecular complexity index is 1190. The van der Waals surface area contributed by atoms with Crippen LogP contribution in [0.15, 0.2) is 18.3 Å². The van der Waals surface area contributed by atoms with Crippen LogP contribution in [0.2, 0.25) is 0 Å². The van der Waals surface area contributed by atoms with E-state index in [1.807, 2.05) is 6.92 Å². The molecule has 1 aromatic rings. The molecule has 0 N–H and O–H groups in total. The van der Waals surface area contributed by atoms with Crippen LogP contribution in [0.4, 0.5) is 0 Å². The summed E-state index contributed by atoms with van der Waals surface area (Å²) in [5, 5.41) is 0. The number of rotatable bonds is 2. The van der Waals surface area contributed by atoms with Crippen molar-refractivity contribution in [3.63, 3.8) is 0 Å². The first kappa shape index (κ1) is 26.5. The fraction of sp³-hybridized carbons (Fsp3) is 0.794. The number of ether oxygens (including phenoxy) is 1. The normalized spacial score (nSPS) is 46.6. The Hall–Kier alpha value is -1.71. The zero-order chi connectivity index (χ0) is 27.5. The minimum absolute atomic E-state index is 0.0529. The lowest BCUT2D eigenvalue weighted by Crippen LogP contribution is -2.67. The maximum atomic E-state index is 13.5. The zero-order valence-electron chi connectivity index (χ0n) is 25.2. The van der Waals surface area contributed by atoms with Gasteiger partial charge in [0.05, 0.1) is 18.2 Å². The molecule has 0 bridgehead atoms. The molecule has 4 heteroatoms. The van der Waals surface area contributed by atoms with Gasteiger partial charge in [-0.1, -0.05) is 46.8 Å².